The summed E-state index contributed by atoms with van der Waals surface area (Å²) >= 11 is 0. The lowest BCUT2D eigenvalue weighted by molar-refractivity contribution is -0.145. The highest BCUT2D eigenvalue weighted by molar-refractivity contribution is 5.75. The number of ether oxygens (including phenoxy) is 1. The van der Waals surface area contributed by atoms with Gasteiger partial charge in [0, 0.05) is 0 Å². The van der Waals surface area contributed by atoms with E-state index < -0.39 is 6.04 Å². The van der Waals surface area contributed by atoms with Gasteiger partial charge in [0.2, 0.25) is 0 Å². The lowest BCUT2D eigenvalue weighted by atomic mass is 10.1. The van der Waals surface area contributed by atoms with Gasteiger partial charge in [-0.3, -0.25) is 4.79 Å². The highest BCUT2D eigenvalue weighted by atomic mass is 16.5. The molecule has 0 radical (unpaired) electrons. The van der Waals surface area contributed by atoms with Gasteiger partial charge in [-0.2, -0.15) is 0 Å². The Labute approximate surface area is 103 Å². The Bertz CT molecular complexity index is 324. The second-order valence-corrected chi connectivity index (χ2v) is 4.15. The van der Waals surface area contributed by atoms with Gasteiger partial charge in [0.1, 0.15) is 6.04 Å². The quantitative estimate of drug-likeness (QED) is 0.582. The molecule has 1 atom stereocenters. The third-order valence-electron chi connectivity index (χ3n) is 2.60. The van der Waals surface area contributed by atoms with Crippen LogP contribution >= 0.6 is 0 Å². The third-order valence-corrected chi connectivity index (χ3v) is 2.60. The second kappa shape index (κ2) is 7.85. The van der Waals surface area contributed by atoms with Crippen molar-refractivity contribution in [1.29, 1.82) is 0 Å². The number of nitrogens with two attached hydrogens (primary N) is 1. The zero-order valence-corrected chi connectivity index (χ0v) is 10.4. The predicted molar refractivity (Wildman–Crippen MR) is 68.6 cm³/mol. The Morgan fingerprint density at radius 2 is 2.06 bits per heavy atom. The van der Waals surface area contributed by atoms with Crippen LogP contribution in [-0.4, -0.2) is 18.6 Å². The van der Waals surface area contributed by atoms with Gasteiger partial charge < -0.3 is 10.5 Å². The Morgan fingerprint density at radius 1 is 1.35 bits per heavy atom. The Balaban J connectivity index is 2.14. The zero-order chi connectivity index (χ0) is 12.5. The van der Waals surface area contributed by atoms with Crippen LogP contribution in [0.2, 0.25) is 0 Å². The Kier molecular flexibility index (Phi) is 6.33. The summed E-state index contributed by atoms with van der Waals surface area (Å²) in [6.45, 7) is 2.45. The molecule has 2 N–H and O–H groups in total. The summed E-state index contributed by atoms with van der Waals surface area (Å²) in [5, 5.41) is 0. The van der Waals surface area contributed by atoms with Gasteiger partial charge in [-0.15, -0.1) is 0 Å². The van der Waals surface area contributed by atoms with Crippen LogP contribution in [0.25, 0.3) is 0 Å². The topological polar surface area (TPSA) is 52.3 Å². The first-order valence-corrected chi connectivity index (χ1v) is 6.20. The molecule has 0 spiro atoms. The summed E-state index contributed by atoms with van der Waals surface area (Å²) in [5.41, 5.74) is 6.91. The number of benzene rings is 1. The molecule has 0 aliphatic rings. The fourth-order valence-corrected chi connectivity index (χ4v) is 1.63. The molecular weight excluding hydrogens is 214 g/mol. The average Bonchev–Trinajstić information content (AvgIpc) is 2.36. The maximum absolute atomic E-state index is 11.4. The maximum Gasteiger partial charge on any atom is 0.322 e. The van der Waals surface area contributed by atoms with Crippen LogP contribution in [0.1, 0.15) is 31.7 Å². The Hall–Kier alpha value is -1.35. The van der Waals surface area contributed by atoms with E-state index in [0.29, 0.717) is 13.0 Å². The molecule has 3 nitrogen and oxygen atoms in total. The molecule has 0 aliphatic carbocycles. The van der Waals surface area contributed by atoms with Crippen molar-refractivity contribution in [2.24, 2.45) is 5.73 Å². The van der Waals surface area contributed by atoms with Gasteiger partial charge in [-0.1, -0.05) is 43.7 Å². The van der Waals surface area contributed by atoms with E-state index in [1.165, 1.54) is 5.56 Å². The first kappa shape index (κ1) is 13.7. The van der Waals surface area contributed by atoms with Gasteiger partial charge in [-0.05, 0) is 24.8 Å². The highest BCUT2D eigenvalue weighted by Gasteiger charge is 2.12. The molecule has 0 heterocycles. The van der Waals surface area contributed by atoms with Crippen LogP contribution < -0.4 is 5.73 Å². The van der Waals surface area contributed by atoms with Crippen LogP contribution in [0.5, 0.6) is 0 Å². The summed E-state index contributed by atoms with van der Waals surface area (Å²) in [5.74, 6) is -0.278. The van der Waals surface area contributed by atoms with E-state index in [9.17, 15) is 4.79 Å². The fraction of sp³-hybridized carbons (Fsp3) is 0.500. The summed E-state index contributed by atoms with van der Waals surface area (Å²) < 4.78 is 5.11. The zero-order valence-electron chi connectivity index (χ0n) is 10.4. The predicted octanol–water partition coefficient (Wildman–Crippen LogP) is 2.29. The molecule has 1 aromatic rings. The minimum absolute atomic E-state index is 0.278. The molecule has 1 rings (SSSR count). The molecule has 94 valence electrons. The van der Waals surface area contributed by atoms with E-state index in [1.54, 1.807) is 0 Å². The molecular formula is C14H21NO2. The van der Waals surface area contributed by atoms with Crippen molar-refractivity contribution in [3.63, 3.8) is 0 Å². The average molecular weight is 235 g/mol. The molecule has 0 aliphatic heterocycles. The summed E-state index contributed by atoms with van der Waals surface area (Å²) in [4.78, 5) is 11.4. The van der Waals surface area contributed by atoms with E-state index in [0.717, 1.165) is 19.3 Å². The SMILES string of the molecule is CCC[C@H](N)C(=O)OCCCc1ccccc1. The van der Waals surface area contributed by atoms with E-state index >= 15 is 0 Å². The van der Waals surface area contributed by atoms with E-state index in [4.69, 9.17) is 10.5 Å². The first-order chi connectivity index (χ1) is 8.24. The van der Waals surface area contributed by atoms with E-state index in [1.807, 2.05) is 25.1 Å². The first-order valence-electron chi connectivity index (χ1n) is 6.20. The van der Waals surface area contributed by atoms with Crippen LogP contribution in [0.15, 0.2) is 30.3 Å². The maximum atomic E-state index is 11.4. The minimum Gasteiger partial charge on any atom is -0.465 e. The summed E-state index contributed by atoms with van der Waals surface area (Å²) in [6.07, 6.45) is 3.36. The number of hydrogen-bond donors (Lipinski definition) is 1. The molecule has 3 heteroatoms. The van der Waals surface area contributed by atoms with Crippen LogP contribution in [0.3, 0.4) is 0 Å². The molecule has 0 fully saturated rings. The molecule has 17 heavy (non-hydrogen) atoms. The number of carbonyl (C=O) groups is 1. The smallest absolute Gasteiger partial charge is 0.322 e. The minimum atomic E-state index is -0.461. The third kappa shape index (κ3) is 5.50. The van der Waals surface area contributed by atoms with Gasteiger partial charge in [0.15, 0.2) is 0 Å². The van der Waals surface area contributed by atoms with E-state index in [2.05, 4.69) is 12.1 Å². The lowest BCUT2D eigenvalue weighted by Crippen LogP contribution is -2.32. The van der Waals surface area contributed by atoms with Crippen molar-refractivity contribution in [3.05, 3.63) is 35.9 Å². The molecule has 0 unspecified atom stereocenters. The standard InChI is InChI=1S/C14H21NO2/c1-2-7-13(15)14(16)17-11-6-10-12-8-4-3-5-9-12/h3-5,8-9,13H,2,6-7,10-11,15H2,1H3/t13-/m0/s1. The van der Waals surface area contributed by atoms with Gasteiger partial charge in [0.25, 0.3) is 0 Å². The number of aryl methyl sites for hydroxylation is 1. The molecule has 0 aromatic heterocycles. The van der Waals surface area contributed by atoms with Gasteiger partial charge >= 0.3 is 5.97 Å². The van der Waals surface area contributed by atoms with Crippen molar-refractivity contribution in [2.75, 3.05) is 6.61 Å². The largest absolute Gasteiger partial charge is 0.465 e. The van der Waals surface area contributed by atoms with Gasteiger partial charge in [-0.25, -0.2) is 0 Å². The monoisotopic (exact) mass is 235 g/mol. The van der Waals surface area contributed by atoms with Gasteiger partial charge in [0.05, 0.1) is 6.61 Å². The van der Waals surface area contributed by atoms with Crippen molar-refractivity contribution in [3.8, 4) is 0 Å². The Morgan fingerprint density at radius 3 is 2.71 bits per heavy atom. The van der Waals surface area contributed by atoms with Crippen molar-refractivity contribution < 1.29 is 9.53 Å². The number of hydrogen-bond acceptors (Lipinski definition) is 3. The summed E-state index contributed by atoms with van der Waals surface area (Å²) in [7, 11) is 0. The normalized spacial score (nSPS) is 12.1. The van der Waals surface area contributed by atoms with Crippen molar-refractivity contribution in [2.45, 2.75) is 38.6 Å². The lowest BCUT2D eigenvalue weighted by Gasteiger charge is -2.10. The molecule has 0 saturated heterocycles. The van der Waals surface area contributed by atoms with Crippen LogP contribution in [0.4, 0.5) is 0 Å². The van der Waals surface area contributed by atoms with Crippen LogP contribution in [-0.2, 0) is 16.0 Å². The van der Waals surface area contributed by atoms with Crippen molar-refractivity contribution in [1.82, 2.24) is 0 Å². The molecule has 0 amide bonds. The van der Waals surface area contributed by atoms with E-state index in [-0.39, 0.29) is 5.97 Å². The molecule has 0 bridgehead atoms. The molecule has 0 saturated carbocycles. The number of carbonyl (C=O) groups excluding carboxylic acids is 1. The number of esters is 1. The van der Waals surface area contributed by atoms with Crippen LogP contribution in [0, 0.1) is 0 Å². The highest BCUT2D eigenvalue weighted by Crippen LogP contribution is 2.03. The second-order valence-electron chi connectivity index (χ2n) is 4.15. The summed E-state index contributed by atoms with van der Waals surface area (Å²) in [6, 6.07) is 9.70. The fourth-order valence-electron chi connectivity index (χ4n) is 1.63. The number of rotatable bonds is 7. The van der Waals surface area contributed by atoms with Crippen molar-refractivity contribution >= 4 is 5.97 Å². The molecule has 1 aromatic carbocycles.